The van der Waals surface area contributed by atoms with Gasteiger partial charge >= 0.3 is 0 Å². The number of ether oxygens (including phenoxy) is 1. The molecule has 2 heterocycles. The predicted molar refractivity (Wildman–Crippen MR) is 72.5 cm³/mol. The minimum absolute atomic E-state index is 0.374. The van der Waals surface area contributed by atoms with Gasteiger partial charge in [-0.15, -0.1) is 0 Å². The average Bonchev–Trinajstić information content (AvgIpc) is 2.80. The summed E-state index contributed by atoms with van der Waals surface area (Å²) in [7, 11) is 1.82. The number of methoxy groups -OCH3 is 1. The maximum absolute atomic E-state index is 5.55. The van der Waals surface area contributed by atoms with Crippen LogP contribution >= 0.6 is 0 Å². The van der Waals surface area contributed by atoms with Crippen LogP contribution in [0, 0.1) is 5.92 Å². The SMILES string of the molecule is CO[C@H]1CN(Cc2cnn(C(C)C)c2)CC[C@H]1C. The third-order valence-electron chi connectivity index (χ3n) is 3.87. The maximum atomic E-state index is 5.55. The molecular weight excluding hydrogens is 226 g/mol. The fraction of sp³-hybridized carbons (Fsp3) is 0.786. The quantitative estimate of drug-likeness (QED) is 0.822. The van der Waals surface area contributed by atoms with Crippen LogP contribution in [0.3, 0.4) is 0 Å². The van der Waals surface area contributed by atoms with Gasteiger partial charge in [0, 0.05) is 38.0 Å². The Kier molecular flexibility index (Phi) is 4.40. The predicted octanol–water partition coefficient (Wildman–Crippen LogP) is 2.32. The minimum Gasteiger partial charge on any atom is -0.380 e. The summed E-state index contributed by atoms with van der Waals surface area (Å²) in [6, 6.07) is 0.437. The molecule has 1 aliphatic rings. The molecule has 0 spiro atoms. The number of piperidine rings is 1. The Morgan fingerprint density at radius 3 is 2.89 bits per heavy atom. The van der Waals surface area contributed by atoms with Crippen molar-refractivity contribution < 1.29 is 4.74 Å². The molecule has 0 radical (unpaired) electrons. The maximum Gasteiger partial charge on any atom is 0.0724 e. The smallest absolute Gasteiger partial charge is 0.0724 e. The highest BCUT2D eigenvalue weighted by Crippen LogP contribution is 2.21. The van der Waals surface area contributed by atoms with Crippen LogP contribution in [0.2, 0.25) is 0 Å². The Balaban J connectivity index is 1.92. The molecule has 0 bridgehead atoms. The second-order valence-corrected chi connectivity index (χ2v) is 5.70. The Morgan fingerprint density at radius 1 is 1.50 bits per heavy atom. The molecule has 0 unspecified atom stereocenters. The van der Waals surface area contributed by atoms with E-state index in [4.69, 9.17) is 4.74 Å². The van der Waals surface area contributed by atoms with E-state index in [0.717, 1.165) is 19.6 Å². The van der Waals surface area contributed by atoms with Crippen molar-refractivity contribution in [3.05, 3.63) is 18.0 Å². The van der Waals surface area contributed by atoms with Gasteiger partial charge in [-0.2, -0.15) is 5.10 Å². The summed E-state index contributed by atoms with van der Waals surface area (Å²) < 4.78 is 7.58. The molecule has 4 heteroatoms. The Bertz CT molecular complexity index is 375. The monoisotopic (exact) mass is 251 g/mol. The molecule has 1 aromatic heterocycles. The van der Waals surface area contributed by atoms with Gasteiger partial charge in [0.05, 0.1) is 12.3 Å². The highest BCUT2D eigenvalue weighted by atomic mass is 16.5. The second-order valence-electron chi connectivity index (χ2n) is 5.70. The van der Waals surface area contributed by atoms with Crippen LogP contribution in [0.25, 0.3) is 0 Å². The molecule has 2 atom stereocenters. The van der Waals surface area contributed by atoms with Crippen molar-refractivity contribution in [2.24, 2.45) is 5.92 Å². The van der Waals surface area contributed by atoms with Gasteiger partial charge in [-0.05, 0) is 32.7 Å². The summed E-state index contributed by atoms with van der Waals surface area (Å²) in [5.74, 6) is 0.671. The number of likely N-dealkylation sites (tertiary alicyclic amines) is 1. The molecule has 0 aromatic carbocycles. The molecule has 102 valence electrons. The van der Waals surface area contributed by atoms with E-state index in [1.54, 1.807) is 0 Å². The minimum atomic E-state index is 0.374. The summed E-state index contributed by atoms with van der Waals surface area (Å²) >= 11 is 0. The van der Waals surface area contributed by atoms with E-state index in [1.807, 2.05) is 18.0 Å². The summed E-state index contributed by atoms with van der Waals surface area (Å²) in [5.41, 5.74) is 1.30. The van der Waals surface area contributed by atoms with Crippen LogP contribution in [0.4, 0.5) is 0 Å². The van der Waals surface area contributed by atoms with E-state index in [-0.39, 0.29) is 0 Å². The second kappa shape index (κ2) is 5.85. The van der Waals surface area contributed by atoms with Crippen molar-refractivity contribution in [1.29, 1.82) is 0 Å². The Morgan fingerprint density at radius 2 is 2.28 bits per heavy atom. The number of hydrogen-bond acceptors (Lipinski definition) is 3. The fourth-order valence-corrected chi connectivity index (χ4v) is 2.55. The van der Waals surface area contributed by atoms with Gasteiger partial charge in [-0.3, -0.25) is 9.58 Å². The van der Waals surface area contributed by atoms with Crippen molar-refractivity contribution in [3.8, 4) is 0 Å². The first-order valence-corrected chi connectivity index (χ1v) is 6.88. The zero-order chi connectivity index (χ0) is 13.1. The zero-order valence-corrected chi connectivity index (χ0v) is 12.0. The molecule has 1 aliphatic heterocycles. The van der Waals surface area contributed by atoms with Crippen LogP contribution in [0.5, 0.6) is 0 Å². The van der Waals surface area contributed by atoms with Gasteiger partial charge in [0.15, 0.2) is 0 Å². The van der Waals surface area contributed by atoms with E-state index < -0.39 is 0 Å². The fourth-order valence-electron chi connectivity index (χ4n) is 2.55. The van der Waals surface area contributed by atoms with Crippen molar-refractivity contribution >= 4 is 0 Å². The van der Waals surface area contributed by atoms with Gasteiger partial charge in [0.1, 0.15) is 0 Å². The van der Waals surface area contributed by atoms with Crippen LogP contribution in [-0.2, 0) is 11.3 Å². The number of aromatic nitrogens is 2. The molecule has 4 nitrogen and oxygen atoms in total. The van der Waals surface area contributed by atoms with Gasteiger partial charge in [-0.1, -0.05) is 6.92 Å². The summed E-state index contributed by atoms with van der Waals surface area (Å²) in [4.78, 5) is 2.47. The highest BCUT2D eigenvalue weighted by Gasteiger charge is 2.26. The molecular formula is C14H25N3O. The third-order valence-corrected chi connectivity index (χ3v) is 3.87. The summed E-state index contributed by atoms with van der Waals surface area (Å²) in [6.45, 7) is 9.76. The van der Waals surface area contributed by atoms with E-state index in [9.17, 15) is 0 Å². The standard InChI is InChI=1S/C14H25N3O/c1-11(2)17-9-13(7-15-17)8-16-6-5-12(3)14(10-16)18-4/h7,9,11-12,14H,5-6,8,10H2,1-4H3/t12-,14+/m1/s1. The van der Waals surface area contributed by atoms with E-state index >= 15 is 0 Å². The number of hydrogen-bond donors (Lipinski definition) is 0. The highest BCUT2D eigenvalue weighted by molar-refractivity contribution is 5.04. The molecule has 18 heavy (non-hydrogen) atoms. The first kappa shape index (κ1) is 13.6. The third kappa shape index (κ3) is 3.12. The lowest BCUT2D eigenvalue weighted by Crippen LogP contribution is -2.43. The van der Waals surface area contributed by atoms with Crippen molar-refractivity contribution in [2.45, 2.75) is 45.9 Å². The number of rotatable bonds is 4. The van der Waals surface area contributed by atoms with E-state index in [0.29, 0.717) is 18.1 Å². The first-order valence-electron chi connectivity index (χ1n) is 6.88. The summed E-state index contributed by atoms with van der Waals surface area (Å²) in [6.07, 6.45) is 5.74. The topological polar surface area (TPSA) is 30.3 Å². The van der Waals surface area contributed by atoms with Crippen LogP contribution in [0.15, 0.2) is 12.4 Å². The molecule has 0 saturated carbocycles. The van der Waals surface area contributed by atoms with Gasteiger partial charge < -0.3 is 4.74 Å². The van der Waals surface area contributed by atoms with E-state index in [1.165, 1.54) is 12.0 Å². The first-order chi connectivity index (χ1) is 8.60. The molecule has 0 amide bonds. The van der Waals surface area contributed by atoms with E-state index in [2.05, 4.69) is 37.0 Å². The zero-order valence-electron chi connectivity index (χ0n) is 12.0. The number of nitrogens with zero attached hydrogens (tertiary/aromatic N) is 3. The van der Waals surface area contributed by atoms with Crippen molar-refractivity contribution in [2.75, 3.05) is 20.2 Å². The Labute approximate surface area is 110 Å². The molecule has 1 saturated heterocycles. The van der Waals surface area contributed by atoms with Gasteiger partial charge in [-0.25, -0.2) is 0 Å². The molecule has 1 aromatic rings. The largest absolute Gasteiger partial charge is 0.380 e. The van der Waals surface area contributed by atoms with Gasteiger partial charge in [0.2, 0.25) is 0 Å². The lowest BCUT2D eigenvalue weighted by atomic mass is 9.95. The molecule has 0 N–H and O–H groups in total. The van der Waals surface area contributed by atoms with Crippen LogP contribution < -0.4 is 0 Å². The molecule has 2 rings (SSSR count). The van der Waals surface area contributed by atoms with Gasteiger partial charge in [0.25, 0.3) is 0 Å². The van der Waals surface area contributed by atoms with Crippen molar-refractivity contribution in [1.82, 2.24) is 14.7 Å². The van der Waals surface area contributed by atoms with Crippen molar-refractivity contribution in [3.63, 3.8) is 0 Å². The average molecular weight is 251 g/mol. The Hall–Kier alpha value is -0.870. The van der Waals surface area contributed by atoms with Crippen LogP contribution in [-0.4, -0.2) is 41.0 Å². The lowest BCUT2D eigenvalue weighted by molar-refractivity contribution is -0.00745. The summed E-state index contributed by atoms with van der Waals surface area (Å²) in [5, 5.41) is 4.39. The lowest BCUT2D eigenvalue weighted by Gasteiger charge is -2.35. The molecule has 0 aliphatic carbocycles. The normalized spacial score (nSPS) is 25.8. The molecule has 1 fully saturated rings. The van der Waals surface area contributed by atoms with Crippen LogP contribution in [0.1, 0.15) is 38.8 Å².